The van der Waals surface area contributed by atoms with Crippen LogP contribution in [0.25, 0.3) is 0 Å². The zero-order valence-corrected chi connectivity index (χ0v) is 8.88. The highest BCUT2D eigenvalue weighted by molar-refractivity contribution is 4.71. The molecule has 1 aliphatic heterocycles. The van der Waals surface area contributed by atoms with E-state index in [1.54, 1.807) is 0 Å². The number of morpholine rings is 1. The van der Waals surface area contributed by atoms with E-state index >= 15 is 0 Å². The van der Waals surface area contributed by atoms with Crippen LogP contribution in [0.3, 0.4) is 0 Å². The molecule has 0 spiro atoms. The Bertz CT molecular complexity index is 124. The molecule has 1 rings (SSSR count). The molecule has 1 atom stereocenters. The molecule has 1 fully saturated rings. The second-order valence-electron chi connectivity index (χ2n) is 3.70. The van der Waals surface area contributed by atoms with Crippen LogP contribution in [-0.4, -0.2) is 50.3 Å². The summed E-state index contributed by atoms with van der Waals surface area (Å²) < 4.78 is 5.31. The van der Waals surface area contributed by atoms with Gasteiger partial charge in [0, 0.05) is 25.7 Å². The predicted octanol–water partition coefficient (Wildman–Crippen LogP) is 0.707. The Hall–Kier alpha value is -0.120. The normalized spacial score (nSPS) is 21.7. The van der Waals surface area contributed by atoms with E-state index in [1.165, 1.54) is 6.42 Å². The molecule has 0 aromatic carbocycles. The third-order valence-electron chi connectivity index (χ3n) is 2.54. The van der Waals surface area contributed by atoms with Gasteiger partial charge in [0.2, 0.25) is 0 Å². The summed E-state index contributed by atoms with van der Waals surface area (Å²) in [6.45, 7) is 10.7. The SMILES string of the molecule is CCCNCC(C)N1CCOCC1. The van der Waals surface area contributed by atoms with Gasteiger partial charge in [0.05, 0.1) is 13.2 Å². The highest BCUT2D eigenvalue weighted by Crippen LogP contribution is 2.02. The van der Waals surface area contributed by atoms with Crippen molar-refractivity contribution in [1.82, 2.24) is 10.2 Å². The lowest BCUT2D eigenvalue weighted by Gasteiger charge is -2.32. The Morgan fingerprint density at radius 3 is 2.69 bits per heavy atom. The average Bonchev–Trinajstić information content (AvgIpc) is 2.19. The van der Waals surface area contributed by atoms with Crippen molar-refractivity contribution in [2.45, 2.75) is 26.3 Å². The molecule has 0 aromatic rings. The van der Waals surface area contributed by atoms with Gasteiger partial charge in [-0.15, -0.1) is 0 Å². The van der Waals surface area contributed by atoms with E-state index in [2.05, 4.69) is 24.1 Å². The Morgan fingerprint density at radius 2 is 2.08 bits per heavy atom. The van der Waals surface area contributed by atoms with E-state index in [9.17, 15) is 0 Å². The third-order valence-corrected chi connectivity index (χ3v) is 2.54. The lowest BCUT2D eigenvalue weighted by Crippen LogP contribution is -2.46. The van der Waals surface area contributed by atoms with E-state index in [4.69, 9.17) is 4.74 Å². The van der Waals surface area contributed by atoms with Crippen LogP contribution in [0.15, 0.2) is 0 Å². The first kappa shape index (κ1) is 11.0. The van der Waals surface area contributed by atoms with Crippen molar-refractivity contribution in [1.29, 1.82) is 0 Å². The molecule has 1 saturated heterocycles. The summed E-state index contributed by atoms with van der Waals surface area (Å²) in [6, 6.07) is 0.649. The van der Waals surface area contributed by atoms with Crippen LogP contribution in [-0.2, 0) is 4.74 Å². The molecule has 0 aliphatic carbocycles. The van der Waals surface area contributed by atoms with Gasteiger partial charge in [-0.05, 0) is 19.9 Å². The summed E-state index contributed by atoms with van der Waals surface area (Å²) in [6.07, 6.45) is 1.22. The number of hydrogen-bond donors (Lipinski definition) is 1. The third kappa shape index (κ3) is 4.07. The molecule has 78 valence electrons. The molecule has 1 aliphatic rings. The number of rotatable bonds is 5. The molecule has 0 amide bonds. The predicted molar refractivity (Wildman–Crippen MR) is 55.0 cm³/mol. The van der Waals surface area contributed by atoms with Crippen LogP contribution in [0.2, 0.25) is 0 Å². The molecule has 0 aromatic heterocycles. The lowest BCUT2D eigenvalue weighted by molar-refractivity contribution is 0.0204. The molecule has 0 saturated carbocycles. The van der Waals surface area contributed by atoms with Crippen LogP contribution in [0.5, 0.6) is 0 Å². The van der Waals surface area contributed by atoms with Gasteiger partial charge < -0.3 is 10.1 Å². The van der Waals surface area contributed by atoms with Crippen LogP contribution in [0, 0.1) is 0 Å². The quantitative estimate of drug-likeness (QED) is 0.640. The van der Waals surface area contributed by atoms with E-state index in [1.807, 2.05) is 0 Å². The molecule has 0 radical (unpaired) electrons. The largest absolute Gasteiger partial charge is 0.379 e. The minimum atomic E-state index is 0.649. The first-order valence-electron chi connectivity index (χ1n) is 5.37. The summed E-state index contributed by atoms with van der Waals surface area (Å²) in [7, 11) is 0. The minimum Gasteiger partial charge on any atom is -0.379 e. The van der Waals surface area contributed by atoms with E-state index in [0.29, 0.717) is 6.04 Å². The molecule has 1 heterocycles. The average molecular weight is 186 g/mol. The summed E-state index contributed by atoms with van der Waals surface area (Å²) in [5.41, 5.74) is 0. The Labute approximate surface area is 81.4 Å². The van der Waals surface area contributed by atoms with Gasteiger partial charge in [-0.3, -0.25) is 4.90 Å². The van der Waals surface area contributed by atoms with Gasteiger partial charge in [0.1, 0.15) is 0 Å². The topological polar surface area (TPSA) is 24.5 Å². The molecular weight excluding hydrogens is 164 g/mol. The summed E-state index contributed by atoms with van der Waals surface area (Å²) in [5, 5.41) is 3.45. The Balaban J connectivity index is 2.09. The monoisotopic (exact) mass is 186 g/mol. The van der Waals surface area contributed by atoms with Gasteiger partial charge in [0.15, 0.2) is 0 Å². The van der Waals surface area contributed by atoms with Gasteiger partial charge in [-0.1, -0.05) is 6.92 Å². The van der Waals surface area contributed by atoms with Gasteiger partial charge in [0.25, 0.3) is 0 Å². The van der Waals surface area contributed by atoms with E-state index in [-0.39, 0.29) is 0 Å². The number of ether oxygens (including phenoxy) is 1. The smallest absolute Gasteiger partial charge is 0.0594 e. The molecule has 1 N–H and O–H groups in total. The summed E-state index contributed by atoms with van der Waals surface area (Å²) in [5.74, 6) is 0. The fraction of sp³-hybridized carbons (Fsp3) is 1.00. The van der Waals surface area contributed by atoms with Crippen molar-refractivity contribution in [3.63, 3.8) is 0 Å². The molecule has 3 heteroatoms. The standard InChI is InChI=1S/C10H22N2O/c1-3-4-11-9-10(2)12-5-7-13-8-6-12/h10-11H,3-9H2,1-2H3. The first-order valence-corrected chi connectivity index (χ1v) is 5.37. The number of nitrogens with one attached hydrogen (secondary N) is 1. The molecule has 13 heavy (non-hydrogen) atoms. The highest BCUT2D eigenvalue weighted by atomic mass is 16.5. The van der Waals surface area contributed by atoms with Gasteiger partial charge in [-0.2, -0.15) is 0 Å². The fourth-order valence-electron chi connectivity index (χ4n) is 1.64. The van der Waals surface area contributed by atoms with Crippen LogP contribution in [0.1, 0.15) is 20.3 Å². The Morgan fingerprint density at radius 1 is 1.38 bits per heavy atom. The van der Waals surface area contributed by atoms with Crippen molar-refractivity contribution in [3.05, 3.63) is 0 Å². The van der Waals surface area contributed by atoms with Crippen LogP contribution in [0.4, 0.5) is 0 Å². The van der Waals surface area contributed by atoms with Crippen molar-refractivity contribution in [2.24, 2.45) is 0 Å². The van der Waals surface area contributed by atoms with Crippen molar-refractivity contribution in [3.8, 4) is 0 Å². The molecule has 3 nitrogen and oxygen atoms in total. The summed E-state index contributed by atoms with van der Waals surface area (Å²) in [4.78, 5) is 2.49. The highest BCUT2D eigenvalue weighted by Gasteiger charge is 2.15. The second kappa shape index (κ2) is 6.35. The molecule has 1 unspecified atom stereocenters. The van der Waals surface area contributed by atoms with E-state index < -0.39 is 0 Å². The van der Waals surface area contributed by atoms with Gasteiger partial charge in [-0.25, -0.2) is 0 Å². The second-order valence-corrected chi connectivity index (χ2v) is 3.70. The maximum absolute atomic E-state index is 5.31. The number of nitrogens with zero attached hydrogens (tertiary/aromatic N) is 1. The first-order chi connectivity index (χ1) is 6.34. The van der Waals surface area contributed by atoms with Crippen molar-refractivity contribution >= 4 is 0 Å². The Kier molecular flexibility index (Phi) is 5.35. The number of hydrogen-bond acceptors (Lipinski definition) is 3. The van der Waals surface area contributed by atoms with Crippen molar-refractivity contribution in [2.75, 3.05) is 39.4 Å². The summed E-state index contributed by atoms with van der Waals surface area (Å²) >= 11 is 0. The fourth-order valence-corrected chi connectivity index (χ4v) is 1.64. The molecule has 0 bridgehead atoms. The van der Waals surface area contributed by atoms with Crippen molar-refractivity contribution < 1.29 is 4.74 Å². The van der Waals surface area contributed by atoms with E-state index in [0.717, 1.165) is 39.4 Å². The maximum atomic E-state index is 5.31. The lowest BCUT2D eigenvalue weighted by atomic mass is 10.2. The minimum absolute atomic E-state index is 0.649. The maximum Gasteiger partial charge on any atom is 0.0594 e. The zero-order valence-electron chi connectivity index (χ0n) is 8.88. The van der Waals surface area contributed by atoms with Gasteiger partial charge >= 0.3 is 0 Å². The van der Waals surface area contributed by atoms with Crippen LogP contribution >= 0.6 is 0 Å². The molecular formula is C10H22N2O. The zero-order chi connectivity index (χ0) is 9.52. The van der Waals surface area contributed by atoms with Crippen LogP contribution < -0.4 is 5.32 Å².